The van der Waals surface area contributed by atoms with Crippen molar-refractivity contribution in [1.29, 1.82) is 0 Å². The third-order valence-corrected chi connectivity index (χ3v) is 9.10. The molecule has 0 atom stereocenters. The number of amides is 1. The Labute approximate surface area is 222 Å². The number of fused-ring (bicyclic) bond motifs is 3. The van der Waals surface area contributed by atoms with Crippen molar-refractivity contribution in [2.75, 3.05) is 15.4 Å². The highest BCUT2D eigenvalue weighted by atomic mass is 79.9. The number of benzene rings is 3. The molecule has 36 heavy (non-hydrogen) atoms. The number of hydrogen-bond donors (Lipinski definition) is 1. The van der Waals surface area contributed by atoms with Crippen LogP contribution in [0.25, 0.3) is 11.3 Å². The first kappa shape index (κ1) is 24.5. The van der Waals surface area contributed by atoms with E-state index in [1.54, 1.807) is 12.1 Å². The van der Waals surface area contributed by atoms with Crippen molar-refractivity contribution in [3.63, 3.8) is 0 Å². The Bertz CT molecular complexity index is 1580. The predicted molar refractivity (Wildman–Crippen MR) is 146 cm³/mol. The van der Waals surface area contributed by atoms with Crippen LogP contribution < -0.4 is 9.62 Å². The van der Waals surface area contributed by atoms with Gasteiger partial charge < -0.3 is 5.32 Å². The molecule has 1 aromatic heterocycles. The lowest BCUT2D eigenvalue weighted by Gasteiger charge is -2.31. The maximum absolute atomic E-state index is 13.7. The van der Waals surface area contributed by atoms with Gasteiger partial charge in [-0.15, -0.1) is 0 Å². The molecule has 0 spiro atoms. The summed E-state index contributed by atoms with van der Waals surface area (Å²) in [5.41, 5.74) is 4.22. The van der Waals surface area contributed by atoms with E-state index in [-0.39, 0.29) is 23.1 Å². The minimum Gasteiger partial charge on any atom is -0.324 e. The fourth-order valence-corrected chi connectivity index (χ4v) is 6.49. The summed E-state index contributed by atoms with van der Waals surface area (Å²) in [5, 5.41) is 3.17. The molecule has 7 nitrogen and oxygen atoms in total. The summed E-state index contributed by atoms with van der Waals surface area (Å²) in [7, 11) is -3.89. The lowest BCUT2D eigenvalue weighted by molar-refractivity contribution is -0.113. The average molecular weight is 582 g/mol. The molecule has 3 aromatic carbocycles. The quantitative estimate of drug-likeness (QED) is 0.234. The molecule has 2 heterocycles. The summed E-state index contributed by atoms with van der Waals surface area (Å²) in [4.78, 5) is 21.3. The van der Waals surface area contributed by atoms with E-state index >= 15 is 0 Å². The second-order valence-electron chi connectivity index (χ2n) is 8.14. The zero-order chi connectivity index (χ0) is 25.3. The van der Waals surface area contributed by atoms with Crippen LogP contribution in [0.2, 0.25) is 0 Å². The Kier molecular flexibility index (Phi) is 6.83. The number of carbonyl (C=O) groups excluding carboxylic acids is 1. The number of para-hydroxylation sites is 2. The van der Waals surface area contributed by atoms with Crippen LogP contribution in [0.5, 0.6) is 0 Å². The molecule has 1 aliphatic rings. The van der Waals surface area contributed by atoms with Gasteiger partial charge in [0.2, 0.25) is 5.91 Å². The monoisotopic (exact) mass is 580 g/mol. The van der Waals surface area contributed by atoms with Gasteiger partial charge in [-0.3, -0.25) is 9.10 Å². The van der Waals surface area contributed by atoms with Gasteiger partial charge >= 0.3 is 0 Å². The van der Waals surface area contributed by atoms with Crippen molar-refractivity contribution in [2.24, 2.45) is 0 Å². The second-order valence-corrected chi connectivity index (χ2v) is 11.8. The van der Waals surface area contributed by atoms with Crippen LogP contribution in [0.1, 0.15) is 11.1 Å². The number of halogens is 1. The molecule has 0 aliphatic carbocycles. The number of thioether (sulfide) groups is 1. The SMILES string of the molecule is Cc1ccccc1CN1c2ccccc2-c2nc(SCC(=O)Nc3ccccc3Br)ncc2S1(=O)=O. The molecule has 1 aliphatic heterocycles. The van der Waals surface area contributed by atoms with Gasteiger partial charge in [-0.05, 0) is 52.2 Å². The van der Waals surface area contributed by atoms with Crippen LogP contribution in [0.3, 0.4) is 0 Å². The molecule has 4 aromatic rings. The molecule has 182 valence electrons. The van der Waals surface area contributed by atoms with E-state index in [9.17, 15) is 13.2 Å². The van der Waals surface area contributed by atoms with Crippen molar-refractivity contribution >= 4 is 55.0 Å². The number of sulfonamides is 1. The highest BCUT2D eigenvalue weighted by Gasteiger charge is 2.36. The minimum absolute atomic E-state index is 0.0526. The third-order valence-electron chi connectivity index (χ3n) is 5.78. The number of nitrogens with zero attached hydrogens (tertiary/aromatic N) is 3. The van der Waals surface area contributed by atoms with Gasteiger partial charge in [0.15, 0.2) is 5.16 Å². The highest BCUT2D eigenvalue weighted by molar-refractivity contribution is 9.10. The molecule has 0 radical (unpaired) electrons. The first-order valence-corrected chi connectivity index (χ1v) is 14.3. The van der Waals surface area contributed by atoms with Gasteiger partial charge in [0.1, 0.15) is 4.90 Å². The van der Waals surface area contributed by atoms with Crippen molar-refractivity contribution < 1.29 is 13.2 Å². The molecule has 0 saturated carbocycles. The molecule has 1 amide bonds. The van der Waals surface area contributed by atoms with Gasteiger partial charge in [0.25, 0.3) is 10.0 Å². The van der Waals surface area contributed by atoms with E-state index in [0.717, 1.165) is 27.4 Å². The molecule has 10 heteroatoms. The topological polar surface area (TPSA) is 92.3 Å². The molecular weight excluding hydrogens is 560 g/mol. The fourth-order valence-electron chi connectivity index (χ4n) is 3.94. The maximum Gasteiger partial charge on any atom is 0.268 e. The summed E-state index contributed by atoms with van der Waals surface area (Å²) in [6, 6.07) is 22.4. The largest absolute Gasteiger partial charge is 0.324 e. The Hall–Kier alpha value is -3.21. The summed E-state index contributed by atoms with van der Waals surface area (Å²) < 4.78 is 29.5. The first-order valence-electron chi connectivity index (χ1n) is 11.1. The van der Waals surface area contributed by atoms with E-state index in [2.05, 4.69) is 31.2 Å². The predicted octanol–water partition coefficient (Wildman–Crippen LogP) is 5.65. The van der Waals surface area contributed by atoms with Crippen molar-refractivity contribution in [3.8, 4) is 11.3 Å². The number of rotatable bonds is 6. The van der Waals surface area contributed by atoms with Gasteiger partial charge in [0, 0.05) is 10.0 Å². The summed E-state index contributed by atoms with van der Waals surface area (Å²) >= 11 is 4.56. The summed E-state index contributed by atoms with van der Waals surface area (Å²) in [6.45, 7) is 2.17. The Morgan fingerprint density at radius 2 is 1.75 bits per heavy atom. The van der Waals surface area contributed by atoms with E-state index in [1.165, 1.54) is 10.5 Å². The maximum atomic E-state index is 13.7. The van der Waals surface area contributed by atoms with E-state index in [0.29, 0.717) is 27.8 Å². The van der Waals surface area contributed by atoms with Crippen LogP contribution in [-0.2, 0) is 21.4 Å². The third kappa shape index (κ3) is 4.76. The zero-order valence-electron chi connectivity index (χ0n) is 19.2. The number of hydrogen-bond acceptors (Lipinski definition) is 6. The van der Waals surface area contributed by atoms with Gasteiger partial charge in [-0.2, -0.15) is 0 Å². The standard InChI is InChI=1S/C26H21BrN4O3S2/c1-17-8-2-3-9-18(17)15-31-22-13-7-4-10-19(22)25-23(36(31,33)34)14-28-26(30-25)35-16-24(32)29-21-12-6-5-11-20(21)27/h2-14H,15-16H2,1H3,(H,29,32). The van der Waals surface area contributed by atoms with E-state index in [1.807, 2.05) is 67.6 Å². The zero-order valence-corrected chi connectivity index (χ0v) is 22.4. The Morgan fingerprint density at radius 1 is 1.03 bits per heavy atom. The van der Waals surface area contributed by atoms with E-state index in [4.69, 9.17) is 0 Å². The number of nitrogens with one attached hydrogen (secondary N) is 1. The molecule has 0 saturated heterocycles. The number of aryl methyl sites for hydroxylation is 1. The number of carbonyl (C=O) groups is 1. The van der Waals surface area contributed by atoms with Crippen LogP contribution in [0.15, 0.2) is 93.5 Å². The minimum atomic E-state index is -3.89. The molecule has 0 bridgehead atoms. The van der Waals surface area contributed by atoms with Crippen LogP contribution in [0.4, 0.5) is 11.4 Å². The molecular formula is C26H21BrN4O3S2. The first-order chi connectivity index (χ1) is 17.3. The normalized spacial score (nSPS) is 13.6. The fraction of sp³-hybridized carbons (Fsp3) is 0.115. The highest BCUT2D eigenvalue weighted by Crippen LogP contribution is 2.43. The summed E-state index contributed by atoms with van der Waals surface area (Å²) in [6.07, 6.45) is 1.34. The van der Waals surface area contributed by atoms with Gasteiger partial charge in [0.05, 0.1) is 35.6 Å². The molecule has 5 rings (SSSR count). The summed E-state index contributed by atoms with van der Waals surface area (Å²) in [5.74, 6) is -0.140. The number of aromatic nitrogens is 2. The Morgan fingerprint density at radius 3 is 2.56 bits per heavy atom. The smallest absolute Gasteiger partial charge is 0.268 e. The van der Waals surface area contributed by atoms with Crippen molar-refractivity contribution in [3.05, 3.63) is 94.6 Å². The molecule has 1 N–H and O–H groups in total. The molecule has 0 fully saturated rings. The van der Waals surface area contributed by atoms with Crippen molar-refractivity contribution in [1.82, 2.24) is 9.97 Å². The van der Waals surface area contributed by atoms with Crippen LogP contribution in [-0.4, -0.2) is 30.0 Å². The van der Waals surface area contributed by atoms with Crippen molar-refractivity contribution in [2.45, 2.75) is 23.5 Å². The lowest BCUT2D eigenvalue weighted by atomic mass is 10.1. The average Bonchev–Trinajstić information content (AvgIpc) is 2.87. The van der Waals surface area contributed by atoms with Crippen LogP contribution >= 0.6 is 27.7 Å². The number of anilines is 2. The second kappa shape index (κ2) is 10.0. The van der Waals surface area contributed by atoms with Crippen LogP contribution in [0, 0.1) is 6.92 Å². The van der Waals surface area contributed by atoms with Gasteiger partial charge in [-0.25, -0.2) is 18.4 Å². The van der Waals surface area contributed by atoms with Gasteiger partial charge in [-0.1, -0.05) is 66.4 Å². The molecule has 0 unspecified atom stereocenters. The Balaban J connectivity index is 1.43. The lowest BCUT2D eigenvalue weighted by Crippen LogP contribution is -2.34. The van der Waals surface area contributed by atoms with E-state index < -0.39 is 10.0 Å².